The number of nitrogens with one attached hydrogen (secondary N) is 1. The second-order valence-corrected chi connectivity index (χ2v) is 10.9. The van der Waals surface area contributed by atoms with Crippen LogP contribution in [0.1, 0.15) is 0 Å². The lowest BCUT2D eigenvalue weighted by Crippen LogP contribution is -2.37. The van der Waals surface area contributed by atoms with Crippen molar-refractivity contribution in [2.45, 2.75) is 0 Å². The fourth-order valence-corrected chi connectivity index (χ4v) is 7.89. The van der Waals surface area contributed by atoms with Crippen LogP contribution in [0.15, 0.2) is 109 Å². The summed E-state index contributed by atoms with van der Waals surface area (Å²) in [5.74, 6) is -1.21. The summed E-state index contributed by atoms with van der Waals surface area (Å²) in [6.07, 6.45) is 0.113. The fraction of sp³-hybridized carbons (Fsp3) is 0.0385. The van der Waals surface area contributed by atoms with E-state index in [4.69, 9.17) is 0 Å². The maximum Gasteiger partial charge on any atom is 0.272 e. The standard InChI is InChI=1S/C26H20FN2O3P/c27-24-18-20(29(31)32)16-17-25(24)28-26(30)19-33(21-10-4-1-5-11-21,22-12-6-2-7-13-22)23-14-8-3-9-15-23/h1-18H,19H2/p+1. The minimum absolute atomic E-state index is 0.0853. The Labute approximate surface area is 191 Å². The van der Waals surface area contributed by atoms with Gasteiger partial charge in [0.15, 0.2) is 12.0 Å². The second kappa shape index (κ2) is 9.72. The largest absolute Gasteiger partial charge is 0.320 e. The monoisotopic (exact) mass is 459 g/mol. The van der Waals surface area contributed by atoms with Gasteiger partial charge in [-0.3, -0.25) is 14.9 Å². The van der Waals surface area contributed by atoms with Crippen molar-refractivity contribution in [1.82, 2.24) is 0 Å². The Kier molecular flexibility index (Phi) is 6.57. The van der Waals surface area contributed by atoms with Gasteiger partial charge in [-0.05, 0) is 42.5 Å². The molecule has 0 aliphatic heterocycles. The maximum atomic E-state index is 14.5. The number of amides is 1. The molecule has 7 heteroatoms. The lowest BCUT2D eigenvalue weighted by Gasteiger charge is -2.27. The van der Waals surface area contributed by atoms with Crippen molar-refractivity contribution in [2.75, 3.05) is 11.5 Å². The number of carbonyl (C=O) groups is 1. The molecule has 0 saturated heterocycles. The van der Waals surface area contributed by atoms with Crippen LogP contribution in [0.25, 0.3) is 0 Å². The molecule has 0 fully saturated rings. The zero-order valence-corrected chi connectivity index (χ0v) is 18.5. The number of hydrogen-bond donors (Lipinski definition) is 1. The SMILES string of the molecule is O=C(C[P+](c1ccccc1)(c1ccccc1)c1ccccc1)Nc1ccc([N+](=O)[O-])cc1F. The summed E-state index contributed by atoms with van der Waals surface area (Å²) in [5, 5.41) is 16.6. The van der Waals surface area contributed by atoms with Crippen LogP contribution in [-0.2, 0) is 4.79 Å². The lowest BCUT2D eigenvalue weighted by molar-refractivity contribution is -0.385. The third-order valence-electron chi connectivity index (χ3n) is 5.41. The minimum atomic E-state index is -2.43. The summed E-state index contributed by atoms with van der Waals surface area (Å²) >= 11 is 0. The van der Waals surface area contributed by atoms with E-state index in [9.17, 15) is 19.3 Å². The maximum absolute atomic E-state index is 14.5. The number of halogens is 1. The summed E-state index contributed by atoms with van der Waals surface area (Å²) in [6, 6.07) is 32.8. The number of nitrogens with zero attached hydrogens (tertiary/aromatic N) is 1. The van der Waals surface area contributed by atoms with E-state index in [2.05, 4.69) is 5.32 Å². The molecule has 5 nitrogen and oxygen atoms in total. The molecule has 33 heavy (non-hydrogen) atoms. The molecule has 164 valence electrons. The highest BCUT2D eigenvalue weighted by Gasteiger charge is 2.47. The van der Waals surface area contributed by atoms with E-state index in [1.165, 1.54) is 12.1 Å². The first kappa shape index (κ1) is 22.3. The van der Waals surface area contributed by atoms with E-state index in [1.807, 2.05) is 91.0 Å². The Balaban J connectivity index is 1.79. The molecule has 0 aliphatic carbocycles. The van der Waals surface area contributed by atoms with Gasteiger partial charge in [-0.25, -0.2) is 4.39 Å². The third kappa shape index (κ3) is 4.66. The highest BCUT2D eigenvalue weighted by atomic mass is 31.2. The van der Waals surface area contributed by atoms with Crippen molar-refractivity contribution in [3.8, 4) is 0 Å². The molecule has 0 unspecified atom stereocenters. The summed E-state index contributed by atoms with van der Waals surface area (Å²) in [4.78, 5) is 23.6. The van der Waals surface area contributed by atoms with Gasteiger partial charge in [0.2, 0.25) is 0 Å². The molecule has 0 heterocycles. The van der Waals surface area contributed by atoms with Crippen LogP contribution in [-0.4, -0.2) is 17.0 Å². The number of non-ortho nitro benzene ring substituents is 1. The Hall–Kier alpha value is -3.89. The number of nitro benzene ring substituents is 1. The van der Waals surface area contributed by atoms with Gasteiger partial charge in [0.05, 0.1) is 16.7 Å². The summed E-state index contributed by atoms with van der Waals surface area (Å²) in [6.45, 7) is 0. The molecule has 0 atom stereocenters. The topological polar surface area (TPSA) is 72.2 Å². The van der Waals surface area contributed by atoms with Crippen molar-refractivity contribution in [3.63, 3.8) is 0 Å². The molecule has 4 aromatic rings. The number of rotatable bonds is 7. The minimum Gasteiger partial charge on any atom is -0.320 e. The smallest absolute Gasteiger partial charge is 0.272 e. The van der Waals surface area contributed by atoms with Gasteiger partial charge < -0.3 is 5.32 Å². The Morgan fingerprint density at radius 1 is 0.788 bits per heavy atom. The summed E-state index contributed by atoms with van der Waals surface area (Å²) < 4.78 is 14.5. The first-order valence-corrected chi connectivity index (χ1v) is 12.3. The van der Waals surface area contributed by atoms with Crippen LogP contribution in [0.5, 0.6) is 0 Å². The lowest BCUT2D eigenvalue weighted by atomic mass is 10.2. The summed E-state index contributed by atoms with van der Waals surface area (Å²) in [7, 11) is -2.43. The number of carbonyl (C=O) groups excluding carboxylic acids is 1. The fourth-order valence-electron chi connectivity index (χ4n) is 3.89. The highest BCUT2D eigenvalue weighted by Crippen LogP contribution is 2.55. The van der Waals surface area contributed by atoms with Gasteiger partial charge in [-0.2, -0.15) is 0 Å². The first-order valence-electron chi connectivity index (χ1n) is 10.3. The molecule has 4 rings (SSSR count). The molecular weight excluding hydrogens is 438 g/mol. The number of hydrogen-bond acceptors (Lipinski definition) is 3. The van der Waals surface area contributed by atoms with Crippen LogP contribution in [0, 0.1) is 15.9 Å². The van der Waals surface area contributed by atoms with Crippen molar-refractivity contribution in [1.29, 1.82) is 0 Å². The highest BCUT2D eigenvalue weighted by molar-refractivity contribution is 7.96. The second-order valence-electron chi connectivity index (χ2n) is 7.44. The Bertz CT molecular complexity index is 1170. The van der Waals surface area contributed by atoms with Crippen LogP contribution < -0.4 is 21.2 Å². The zero-order chi connectivity index (χ0) is 23.3. The molecule has 0 radical (unpaired) electrons. The van der Waals surface area contributed by atoms with E-state index < -0.39 is 18.0 Å². The van der Waals surface area contributed by atoms with Crippen LogP contribution in [0.3, 0.4) is 0 Å². The number of nitro groups is 1. The predicted molar refractivity (Wildman–Crippen MR) is 132 cm³/mol. The zero-order valence-electron chi connectivity index (χ0n) is 17.6. The van der Waals surface area contributed by atoms with Gasteiger partial charge >= 0.3 is 0 Å². The van der Waals surface area contributed by atoms with Gasteiger partial charge in [0, 0.05) is 6.07 Å². The van der Waals surface area contributed by atoms with Gasteiger partial charge in [-0.15, -0.1) is 0 Å². The van der Waals surface area contributed by atoms with Crippen LogP contribution >= 0.6 is 7.26 Å². The quantitative estimate of drug-likeness (QED) is 0.248. The van der Waals surface area contributed by atoms with Crippen LogP contribution in [0.4, 0.5) is 15.8 Å². The van der Waals surface area contributed by atoms with E-state index in [1.54, 1.807) is 0 Å². The van der Waals surface area contributed by atoms with Gasteiger partial charge in [0.25, 0.3) is 11.6 Å². The normalized spacial score (nSPS) is 11.1. The van der Waals surface area contributed by atoms with E-state index in [0.29, 0.717) is 0 Å². The molecule has 4 aromatic carbocycles. The molecule has 0 bridgehead atoms. The molecule has 0 saturated carbocycles. The molecule has 0 spiro atoms. The Morgan fingerprint density at radius 2 is 1.24 bits per heavy atom. The van der Waals surface area contributed by atoms with E-state index in [-0.39, 0.29) is 23.4 Å². The summed E-state index contributed by atoms with van der Waals surface area (Å²) in [5.41, 5.74) is -0.455. The van der Waals surface area contributed by atoms with Crippen molar-refractivity contribution in [2.24, 2.45) is 0 Å². The van der Waals surface area contributed by atoms with Crippen molar-refractivity contribution >= 4 is 40.5 Å². The van der Waals surface area contributed by atoms with Crippen LogP contribution in [0.2, 0.25) is 0 Å². The van der Waals surface area contributed by atoms with Gasteiger partial charge in [0.1, 0.15) is 23.2 Å². The van der Waals surface area contributed by atoms with E-state index in [0.717, 1.165) is 22.0 Å². The average molecular weight is 459 g/mol. The molecular formula is C26H21FN2O3P+. The van der Waals surface area contributed by atoms with Crippen molar-refractivity contribution in [3.05, 3.63) is 125 Å². The molecule has 1 amide bonds. The average Bonchev–Trinajstić information content (AvgIpc) is 2.85. The molecule has 0 aromatic heterocycles. The van der Waals surface area contributed by atoms with Crippen molar-refractivity contribution < 1.29 is 14.1 Å². The third-order valence-corrected chi connectivity index (χ3v) is 9.71. The first-order chi connectivity index (χ1) is 16.0. The molecule has 0 aliphatic rings. The number of anilines is 1. The van der Waals surface area contributed by atoms with Gasteiger partial charge in [-0.1, -0.05) is 54.6 Å². The van der Waals surface area contributed by atoms with E-state index >= 15 is 0 Å². The molecule has 1 N–H and O–H groups in total. The Morgan fingerprint density at radius 3 is 1.64 bits per heavy atom. The predicted octanol–water partition coefficient (Wildman–Crippen LogP) is 4.67. The number of benzene rings is 4.